The summed E-state index contributed by atoms with van der Waals surface area (Å²) in [5, 5.41) is 2.66. The molecule has 6 heteroatoms. The highest BCUT2D eigenvalue weighted by Gasteiger charge is 2.15. The van der Waals surface area contributed by atoms with Gasteiger partial charge in [-0.25, -0.2) is 4.79 Å². The molecule has 1 aromatic carbocycles. The summed E-state index contributed by atoms with van der Waals surface area (Å²) in [6, 6.07) is 7.38. The van der Waals surface area contributed by atoms with Gasteiger partial charge in [0.15, 0.2) is 0 Å². The van der Waals surface area contributed by atoms with E-state index in [1.165, 1.54) is 51.4 Å². The molecule has 1 rings (SSSR count). The van der Waals surface area contributed by atoms with Crippen LogP contribution >= 0.6 is 0 Å². The van der Waals surface area contributed by atoms with Gasteiger partial charge in [0, 0.05) is 24.3 Å². The van der Waals surface area contributed by atoms with Crippen molar-refractivity contribution in [2.75, 3.05) is 39.0 Å². The van der Waals surface area contributed by atoms with Crippen molar-refractivity contribution >= 4 is 18.2 Å². The molecule has 0 aromatic heterocycles. The number of carbonyl (C=O) groups is 2. The standard InChI is InChI=1S/C26H45N3O3/c1-4-5-6-7-8-9-10-11-12-15-20-29(21-16-19-28(2)3)26(31)32-22-24-17-13-14-18-25(24)27-23-30/h13-14,17-18,23H,4-12,15-16,19-22H2,1-3H3,(H,27,30). The molecule has 1 N–H and O–H groups in total. The van der Waals surface area contributed by atoms with Gasteiger partial charge in [0.05, 0.1) is 0 Å². The van der Waals surface area contributed by atoms with Crippen LogP contribution < -0.4 is 5.32 Å². The van der Waals surface area contributed by atoms with Crippen molar-refractivity contribution in [2.45, 2.75) is 84.2 Å². The highest BCUT2D eigenvalue weighted by molar-refractivity contribution is 5.73. The summed E-state index contributed by atoms with van der Waals surface area (Å²) in [7, 11) is 4.09. The molecule has 0 unspecified atom stereocenters. The van der Waals surface area contributed by atoms with Gasteiger partial charge in [0.25, 0.3) is 0 Å². The molecule has 6 nitrogen and oxygen atoms in total. The Morgan fingerprint density at radius 2 is 1.47 bits per heavy atom. The van der Waals surface area contributed by atoms with E-state index in [-0.39, 0.29) is 12.7 Å². The van der Waals surface area contributed by atoms with E-state index in [2.05, 4.69) is 17.1 Å². The Morgan fingerprint density at radius 3 is 2.09 bits per heavy atom. The van der Waals surface area contributed by atoms with Crippen LogP contribution in [0.15, 0.2) is 24.3 Å². The van der Waals surface area contributed by atoms with Crippen molar-refractivity contribution in [1.29, 1.82) is 0 Å². The molecule has 0 heterocycles. The first-order chi connectivity index (χ1) is 15.6. The molecule has 0 atom stereocenters. The molecule has 0 spiro atoms. The number of ether oxygens (including phenoxy) is 1. The molecule has 182 valence electrons. The molecule has 2 amide bonds. The second-order valence-corrected chi connectivity index (χ2v) is 8.80. The van der Waals surface area contributed by atoms with Crippen molar-refractivity contribution in [3.05, 3.63) is 29.8 Å². The minimum Gasteiger partial charge on any atom is -0.444 e. The van der Waals surface area contributed by atoms with Gasteiger partial charge in [-0.05, 0) is 39.5 Å². The largest absolute Gasteiger partial charge is 0.444 e. The average molecular weight is 448 g/mol. The topological polar surface area (TPSA) is 61.9 Å². The fraction of sp³-hybridized carbons (Fsp3) is 0.692. The number of para-hydroxylation sites is 1. The van der Waals surface area contributed by atoms with Crippen LogP contribution in [0.1, 0.15) is 83.1 Å². The summed E-state index contributed by atoms with van der Waals surface area (Å²) in [4.78, 5) is 27.5. The van der Waals surface area contributed by atoms with Crippen LogP contribution in [0.25, 0.3) is 0 Å². The SMILES string of the molecule is CCCCCCCCCCCCN(CCCN(C)C)C(=O)OCc1ccccc1NC=O. The average Bonchev–Trinajstić information content (AvgIpc) is 2.78. The Morgan fingerprint density at radius 1 is 0.875 bits per heavy atom. The molecule has 0 fully saturated rings. The predicted octanol–water partition coefficient (Wildman–Crippen LogP) is 6.07. The maximum atomic E-state index is 12.8. The molecule has 32 heavy (non-hydrogen) atoms. The van der Waals surface area contributed by atoms with Gasteiger partial charge in [0.1, 0.15) is 6.61 Å². The van der Waals surface area contributed by atoms with Crippen LogP contribution in [0.2, 0.25) is 0 Å². The number of nitrogens with zero attached hydrogens (tertiary/aromatic N) is 2. The number of benzene rings is 1. The van der Waals surface area contributed by atoms with E-state index >= 15 is 0 Å². The normalized spacial score (nSPS) is 10.9. The Bertz CT molecular complexity index is 622. The zero-order valence-corrected chi connectivity index (χ0v) is 20.6. The smallest absolute Gasteiger partial charge is 0.410 e. The first-order valence-corrected chi connectivity index (χ1v) is 12.4. The molecule has 0 aliphatic heterocycles. The Hall–Kier alpha value is -2.08. The van der Waals surface area contributed by atoms with Gasteiger partial charge in [0.2, 0.25) is 6.41 Å². The van der Waals surface area contributed by atoms with E-state index in [0.717, 1.165) is 37.9 Å². The third-order valence-electron chi connectivity index (χ3n) is 5.66. The number of unbranched alkanes of at least 4 members (excludes halogenated alkanes) is 9. The van der Waals surface area contributed by atoms with Crippen molar-refractivity contribution in [2.24, 2.45) is 0 Å². The number of hydrogen-bond donors (Lipinski definition) is 1. The zero-order valence-electron chi connectivity index (χ0n) is 20.6. The minimum absolute atomic E-state index is 0.151. The van der Waals surface area contributed by atoms with Crippen LogP contribution in [0.5, 0.6) is 0 Å². The fourth-order valence-corrected chi connectivity index (χ4v) is 3.74. The zero-order chi connectivity index (χ0) is 23.4. The van der Waals surface area contributed by atoms with Gasteiger partial charge in [-0.2, -0.15) is 0 Å². The molecule has 0 bridgehead atoms. The van der Waals surface area contributed by atoms with Crippen LogP contribution in [0, 0.1) is 0 Å². The van der Waals surface area contributed by atoms with Gasteiger partial charge in [-0.15, -0.1) is 0 Å². The van der Waals surface area contributed by atoms with Crippen molar-refractivity contribution in [3.63, 3.8) is 0 Å². The van der Waals surface area contributed by atoms with E-state index in [4.69, 9.17) is 4.74 Å². The highest BCUT2D eigenvalue weighted by atomic mass is 16.6. The quantitative estimate of drug-likeness (QED) is 0.207. The van der Waals surface area contributed by atoms with Crippen LogP contribution in [-0.4, -0.2) is 56.0 Å². The van der Waals surface area contributed by atoms with Gasteiger partial charge < -0.3 is 19.9 Å². The first-order valence-electron chi connectivity index (χ1n) is 12.4. The Kier molecular flexibility index (Phi) is 16.1. The van der Waals surface area contributed by atoms with E-state index in [1.807, 2.05) is 37.2 Å². The molecule has 0 aliphatic rings. The van der Waals surface area contributed by atoms with Crippen molar-refractivity contribution < 1.29 is 14.3 Å². The number of amides is 2. The van der Waals surface area contributed by atoms with Crippen LogP contribution in [0.3, 0.4) is 0 Å². The van der Waals surface area contributed by atoms with Crippen molar-refractivity contribution in [3.8, 4) is 0 Å². The third kappa shape index (κ3) is 13.4. The minimum atomic E-state index is -0.277. The molecule has 0 saturated heterocycles. The van der Waals surface area contributed by atoms with Crippen molar-refractivity contribution in [1.82, 2.24) is 9.80 Å². The van der Waals surface area contributed by atoms with Gasteiger partial charge in [-0.3, -0.25) is 4.79 Å². The highest BCUT2D eigenvalue weighted by Crippen LogP contribution is 2.16. The van der Waals surface area contributed by atoms with Crippen LogP contribution in [0.4, 0.5) is 10.5 Å². The molecule has 0 aliphatic carbocycles. The monoisotopic (exact) mass is 447 g/mol. The van der Waals surface area contributed by atoms with E-state index in [0.29, 0.717) is 18.6 Å². The Labute approximate surface area is 195 Å². The summed E-state index contributed by atoms with van der Waals surface area (Å²) in [5.41, 5.74) is 1.46. The number of hydrogen-bond acceptors (Lipinski definition) is 4. The number of nitrogens with one attached hydrogen (secondary N) is 1. The fourth-order valence-electron chi connectivity index (χ4n) is 3.74. The lowest BCUT2D eigenvalue weighted by Crippen LogP contribution is -2.34. The van der Waals surface area contributed by atoms with Crippen LogP contribution in [-0.2, 0) is 16.1 Å². The van der Waals surface area contributed by atoms with E-state index < -0.39 is 0 Å². The lowest BCUT2D eigenvalue weighted by molar-refractivity contribution is -0.105. The maximum Gasteiger partial charge on any atom is 0.410 e. The second-order valence-electron chi connectivity index (χ2n) is 8.80. The maximum absolute atomic E-state index is 12.8. The molecular formula is C26H45N3O3. The molecule has 0 saturated carbocycles. The second kappa shape index (κ2) is 18.5. The lowest BCUT2D eigenvalue weighted by atomic mass is 10.1. The summed E-state index contributed by atoms with van der Waals surface area (Å²) in [6.07, 6.45) is 14.0. The third-order valence-corrected chi connectivity index (χ3v) is 5.66. The summed E-state index contributed by atoms with van der Waals surface area (Å²) < 4.78 is 5.59. The molecule has 0 radical (unpaired) electrons. The first kappa shape index (κ1) is 28.0. The summed E-state index contributed by atoms with van der Waals surface area (Å²) in [6.45, 7) is 4.77. The van der Waals surface area contributed by atoms with Gasteiger partial charge >= 0.3 is 6.09 Å². The van der Waals surface area contributed by atoms with E-state index in [9.17, 15) is 9.59 Å². The molecular weight excluding hydrogens is 402 g/mol. The number of rotatable bonds is 19. The lowest BCUT2D eigenvalue weighted by Gasteiger charge is -2.23. The molecule has 1 aromatic rings. The predicted molar refractivity (Wildman–Crippen MR) is 133 cm³/mol. The van der Waals surface area contributed by atoms with Gasteiger partial charge in [-0.1, -0.05) is 82.9 Å². The summed E-state index contributed by atoms with van der Waals surface area (Å²) in [5.74, 6) is 0. The number of carbonyl (C=O) groups excluding carboxylic acids is 2. The van der Waals surface area contributed by atoms with E-state index in [1.54, 1.807) is 6.07 Å². The Balaban J connectivity index is 2.39. The summed E-state index contributed by atoms with van der Waals surface area (Å²) >= 11 is 0. The number of anilines is 1.